The van der Waals surface area contributed by atoms with Crippen LogP contribution in [0.15, 0.2) is 48.0 Å². The van der Waals surface area contributed by atoms with Gasteiger partial charge in [-0.15, -0.1) is 11.3 Å². The van der Waals surface area contributed by atoms with Crippen LogP contribution in [0.4, 0.5) is 16.6 Å². The number of aromatic nitrogens is 2. The maximum atomic E-state index is 12.8. The molecule has 2 aliphatic rings. The Balaban J connectivity index is 1.21. The SMILES string of the molecule is O=C(c1csc(Nc2ccc3c(c2)OCO3)n1)N1CCN(c2ccccn2)CC1. The van der Waals surface area contributed by atoms with Crippen molar-refractivity contribution >= 4 is 33.9 Å². The number of carbonyl (C=O) groups is 1. The van der Waals surface area contributed by atoms with Gasteiger partial charge in [0.25, 0.3) is 5.91 Å². The summed E-state index contributed by atoms with van der Waals surface area (Å²) in [7, 11) is 0. The van der Waals surface area contributed by atoms with Gasteiger partial charge in [-0.1, -0.05) is 6.07 Å². The van der Waals surface area contributed by atoms with Crippen molar-refractivity contribution in [3.05, 3.63) is 53.7 Å². The lowest BCUT2D eigenvalue weighted by Crippen LogP contribution is -2.49. The fourth-order valence-electron chi connectivity index (χ4n) is 3.37. The van der Waals surface area contributed by atoms with Gasteiger partial charge in [0, 0.05) is 49.5 Å². The van der Waals surface area contributed by atoms with E-state index in [9.17, 15) is 4.79 Å². The molecular formula is C20H19N5O3S. The number of anilines is 3. The molecule has 1 fully saturated rings. The van der Waals surface area contributed by atoms with Gasteiger partial charge in [0.1, 0.15) is 11.5 Å². The largest absolute Gasteiger partial charge is 0.454 e. The van der Waals surface area contributed by atoms with E-state index in [1.807, 2.05) is 41.3 Å². The number of hydrogen-bond acceptors (Lipinski definition) is 8. The van der Waals surface area contributed by atoms with E-state index >= 15 is 0 Å². The van der Waals surface area contributed by atoms with Gasteiger partial charge in [-0.25, -0.2) is 9.97 Å². The Hall–Kier alpha value is -3.33. The van der Waals surface area contributed by atoms with Crippen molar-refractivity contribution in [2.45, 2.75) is 0 Å². The average molecular weight is 409 g/mol. The number of nitrogens with one attached hydrogen (secondary N) is 1. The number of nitrogens with zero attached hydrogens (tertiary/aromatic N) is 4. The highest BCUT2D eigenvalue weighted by Crippen LogP contribution is 2.35. The highest BCUT2D eigenvalue weighted by Gasteiger charge is 2.24. The van der Waals surface area contributed by atoms with E-state index in [0.29, 0.717) is 29.7 Å². The molecule has 0 saturated carbocycles. The molecule has 9 heteroatoms. The fraction of sp³-hybridized carbons (Fsp3) is 0.250. The molecule has 1 aromatic carbocycles. The smallest absolute Gasteiger partial charge is 0.273 e. The van der Waals surface area contributed by atoms with Crippen LogP contribution < -0.4 is 19.7 Å². The van der Waals surface area contributed by atoms with Crippen molar-refractivity contribution in [2.75, 3.05) is 43.2 Å². The van der Waals surface area contributed by atoms with Crippen LogP contribution >= 0.6 is 11.3 Å². The van der Waals surface area contributed by atoms with Crippen molar-refractivity contribution < 1.29 is 14.3 Å². The molecule has 8 nitrogen and oxygen atoms in total. The molecule has 0 unspecified atom stereocenters. The fourth-order valence-corrected chi connectivity index (χ4v) is 4.07. The predicted molar refractivity (Wildman–Crippen MR) is 110 cm³/mol. The first kappa shape index (κ1) is 17.7. The van der Waals surface area contributed by atoms with E-state index < -0.39 is 0 Å². The molecule has 0 radical (unpaired) electrons. The zero-order valence-corrected chi connectivity index (χ0v) is 16.4. The monoisotopic (exact) mass is 409 g/mol. The Morgan fingerprint density at radius 1 is 1.07 bits per heavy atom. The molecule has 29 heavy (non-hydrogen) atoms. The Morgan fingerprint density at radius 2 is 1.93 bits per heavy atom. The highest BCUT2D eigenvalue weighted by molar-refractivity contribution is 7.14. The van der Waals surface area contributed by atoms with E-state index in [1.54, 1.807) is 11.6 Å². The van der Waals surface area contributed by atoms with Crippen molar-refractivity contribution in [3.8, 4) is 11.5 Å². The molecule has 3 aromatic rings. The first-order valence-electron chi connectivity index (χ1n) is 9.34. The second-order valence-electron chi connectivity index (χ2n) is 6.70. The Labute approximate surface area is 171 Å². The van der Waals surface area contributed by atoms with Crippen LogP contribution in [0.3, 0.4) is 0 Å². The van der Waals surface area contributed by atoms with Gasteiger partial charge in [-0.2, -0.15) is 0 Å². The van der Waals surface area contributed by atoms with Crippen LogP contribution in [0.2, 0.25) is 0 Å². The number of carbonyl (C=O) groups excluding carboxylic acids is 1. The van der Waals surface area contributed by atoms with Crippen LogP contribution in [0.1, 0.15) is 10.5 Å². The zero-order chi connectivity index (χ0) is 19.6. The number of benzene rings is 1. The summed E-state index contributed by atoms with van der Waals surface area (Å²) in [6.07, 6.45) is 1.79. The van der Waals surface area contributed by atoms with Crippen molar-refractivity contribution in [2.24, 2.45) is 0 Å². The number of ether oxygens (including phenoxy) is 2. The third kappa shape index (κ3) is 3.68. The number of thiazole rings is 1. The van der Waals surface area contributed by atoms with E-state index in [2.05, 4.69) is 20.2 Å². The first-order valence-corrected chi connectivity index (χ1v) is 10.2. The topological polar surface area (TPSA) is 79.8 Å². The quantitative estimate of drug-likeness (QED) is 0.710. The lowest BCUT2D eigenvalue weighted by Gasteiger charge is -2.35. The molecule has 1 N–H and O–H groups in total. The normalized spacial score (nSPS) is 15.4. The van der Waals surface area contributed by atoms with E-state index in [1.165, 1.54) is 11.3 Å². The minimum Gasteiger partial charge on any atom is -0.454 e. The molecule has 0 aliphatic carbocycles. The minimum atomic E-state index is -0.0411. The summed E-state index contributed by atoms with van der Waals surface area (Å²) in [6, 6.07) is 11.5. The summed E-state index contributed by atoms with van der Waals surface area (Å²) in [4.78, 5) is 25.7. The molecule has 0 bridgehead atoms. The molecule has 2 aromatic heterocycles. The summed E-state index contributed by atoms with van der Waals surface area (Å²) >= 11 is 1.41. The second-order valence-corrected chi connectivity index (χ2v) is 7.56. The van der Waals surface area contributed by atoms with Gasteiger partial charge < -0.3 is 24.6 Å². The van der Waals surface area contributed by atoms with Gasteiger partial charge in [0.2, 0.25) is 6.79 Å². The Kier molecular flexibility index (Phi) is 4.65. The molecule has 2 aliphatic heterocycles. The molecular weight excluding hydrogens is 390 g/mol. The number of pyridine rings is 1. The molecule has 4 heterocycles. The molecule has 1 saturated heterocycles. The maximum Gasteiger partial charge on any atom is 0.273 e. The van der Waals surface area contributed by atoms with Crippen molar-refractivity contribution in [3.63, 3.8) is 0 Å². The van der Waals surface area contributed by atoms with Crippen LogP contribution in [-0.4, -0.2) is 53.7 Å². The summed E-state index contributed by atoms with van der Waals surface area (Å²) in [5, 5.41) is 5.69. The molecule has 148 valence electrons. The summed E-state index contributed by atoms with van der Waals surface area (Å²) < 4.78 is 10.7. The standard InChI is InChI=1S/C20H19N5O3S/c26-19(25-9-7-24(8-10-25)18-3-1-2-6-21-18)15-12-29-20(23-15)22-14-4-5-16-17(11-14)28-13-27-16/h1-6,11-12H,7-10,13H2,(H,22,23). The maximum absolute atomic E-state index is 12.8. The highest BCUT2D eigenvalue weighted by atomic mass is 32.1. The van der Waals surface area contributed by atoms with Crippen LogP contribution in [0, 0.1) is 0 Å². The molecule has 0 spiro atoms. The van der Waals surface area contributed by atoms with Crippen LogP contribution in [0.25, 0.3) is 0 Å². The summed E-state index contributed by atoms with van der Waals surface area (Å²) in [5.41, 5.74) is 1.30. The predicted octanol–water partition coefficient (Wildman–Crippen LogP) is 2.97. The van der Waals surface area contributed by atoms with Gasteiger partial charge in [0.05, 0.1) is 0 Å². The van der Waals surface area contributed by atoms with Crippen LogP contribution in [-0.2, 0) is 0 Å². The lowest BCUT2D eigenvalue weighted by atomic mass is 10.2. The number of amides is 1. The van der Waals surface area contributed by atoms with Crippen molar-refractivity contribution in [1.29, 1.82) is 0 Å². The molecule has 1 amide bonds. The number of rotatable bonds is 4. The lowest BCUT2D eigenvalue weighted by molar-refractivity contribution is 0.0741. The molecule has 5 rings (SSSR count). The number of hydrogen-bond donors (Lipinski definition) is 1. The molecule has 0 atom stereocenters. The van der Waals surface area contributed by atoms with E-state index in [4.69, 9.17) is 9.47 Å². The van der Waals surface area contributed by atoms with Gasteiger partial charge >= 0.3 is 0 Å². The zero-order valence-electron chi connectivity index (χ0n) is 15.6. The third-order valence-electron chi connectivity index (χ3n) is 4.89. The van der Waals surface area contributed by atoms with Crippen LogP contribution in [0.5, 0.6) is 11.5 Å². The Morgan fingerprint density at radius 3 is 2.76 bits per heavy atom. The summed E-state index contributed by atoms with van der Waals surface area (Å²) in [6.45, 7) is 3.06. The van der Waals surface area contributed by atoms with Gasteiger partial charge in [-0.3, -0.25) is 4.79 Å². The third-order valence-corrected chi connectivity index (χ3v) is 5.65. The Bertz CT molecular complexity index is 1020. The van der Waals surface area contributed by atoms with Crippen molar-refractivity contribution in [1.82, 2.24) is 14.9 Å². The number of piperazine rings is 1. The van der Waals surface area contributed by atoms with Gasteiger partial charge in [0.15, 0.2) is 16.6 Å². The minimum absolute atomic E-state index is 0.0411. The first-order chi connectivity index (χ1) is 14.3. The van der Waals surface area contributed by atoms with Gasteiger partial charge in [-0.05, 0) is 24.3 Å². The summed E-state index contributed by atoms with van der Waals surface area (Å²) in [5.74, 6) is 2.34. The van der Waals surface area contributed by atoms with E-state index in [0.717, 1.165) is 30.3 Å². The second kappa shape index (κ2) is 7.59. The average Bonchev–Trinajstić information content (AvgIpc) is 3.43. The van der Waals surface area contributed by atoms with E-state index in [-0.39, 0.29) is 12.7 Å². The number of fused-ring (bicyclic) bond motifs is 1.